The third-order valence-corrected chi connectivity index (χ3v) is 6.68. The van der Waals surface area contributed by atoms with Crippen LogP contribution in [-0.4, -0.2) is 50.5 Å². The highest BCUT2D eigenvalue weighted by atomic mass is 16.1. The number of carbonyl (C=O) groups is 1. The highest BCUT2D eigenvalue weighted by Gasteiger charge is 2.35. The molecule has 0 aliphatic carbocycles. The van der Waals surface area contributed by atoms with Gasteiger partial charge in [0.25, 0.3) is 0 Å². The lowest BCUT2D eigenvalue weighted by atomic mass is 10.1. The number of rotatable bonds is 4. The quantitative estimate of drug-likeness (QED) is 0.471. The van der Waals surface area contributed by atoms with Crippen LogP contribution in [-0.2, 0) is 0 Å². The van der Waals surface area contributed by atoms with Crippen molar-refractivity contribution in [1.29, 1.82) is 0 Å². The van der Waals surface area contributed by atoms with Crippen LogP contribution in [0.1, 0.15) is 30.1 Å². The number of aromatic nitrogens is 4. The van der Waals surface area contributed by atoms with Crippen molar-refractivity contribution in [1.82, 2.24) is 24.9 Å². The molecule has 0 amide bonds. The monoisotopic (exact) mass is 439 g/mol. The number of benzene rings is 1. The molecule has 2 atom stereocenters. The van der Waals surface area contributed by atoms with E-state index in [1.807, 2.05) is 48.7 Å². The van der Waals surface area contributed by atoms with Crippen molar-refractivity contribution in [2.45, 2.75) is 31.8 Å². The van der Waals surface area contributed by atoms with Crippen LogP contribution in [0.2, 0.25) is 0 Å². The van der Waals surface area contributed by atoms with E-state index in [4.69, 9.17) is 10.7 Å². The summed E-state index contributed by atoms with van der Waals surface area (Å²) in [7, 11) is 0. The van der Waals surface area contributed by atoms with Gasteiger partial charge in [-0.15, -0.1) is 0 Å². The molecule has 166 valence electrons. The number of nitrogens with two attached hydrogens (primary N) is 1. The van der Waals surface area contributed by atoms with Crippen LogP contribution in [0.3, 0.4) is 0 Å². The maximum Gasteiger partial charge on any atom is 0.167 e. The van der Waals surface area contributed by atoms with Gasteiger partial charge < -0.3 is 16.0 Å². The Morgan fingerprint density at radius 1 is 1.03 bits per heavy atom. The molecule has 2 aliphatic heterocycles. The molecule has 2 fully saturated rings. The van der Waals surface area contributed by atoms with Crippen molar-refractivity contribution in [2.24, 2.45) is 0 Å². The fourth-order valence-electron chi connectivity index (χ4n) is 5.08. The molecule has 0 radical (unpaired) electrons. The number of hydrogen-bond donors (Lipinski definition) is 2. The first-order valence-corrected chi connectivity index (χ1v) is 11.3. The summed E-state index contributed by atoms with van der Waals surface area (Å²) in [6, 6.07) is 14.9. The molecule has 2 aliphatic rings. The van der Waals surface area contributed by atoms with E-state index in [1.165, 1.54) is 6.92 Å². The largest absolute Gasteiger partial charge is 0.383 e. The molecule has 5 heterocycles. The maximum absolute atomic E-state index is 12.6. The van der Waals surface area contributed by atoms with Gasteiger partial charge in [0, 0.05) is 48.1 Å². The Morgan fingerprint density at radius 3 is 2.45 bits per heavy atom. The first-order chi connectivity index (χ1) is 16.1. The third-order valence-electron chi connectivity index (χ3n) is 6.68. The van der Waals surface area contributed by atoms with E-state index in [0.29, 0.717) is 34.9 Å². The Labute approximate surface area is 191 Å². The molecule has 0 saturated carbocycles. The van der Waals surface area contributed by atoms with E-state index in [9.17, 15) is 4.79 Å². The lowest BCUT2D eigenvalue weighted by Crippen LogP contribution is -2.51. The van der Waals surface area contributed by atoms with Crippen LogP contribution in [0, 0.1) is 0 Å². The zero-order chi connectivity index (χ0) is 22.5. The molecule has 8 nitrogen and oxygen atoms in total. The van der Waals surface area contributed by atoms with Gasteiger partial charge in [0.2, 0.25) is 0 Å². The zero-order valence-electron chi connectivity index (χ0n) is 18.4. The second-order valence-electron chi connectivity index (χ2n) is 8.89. The molecule has 4 aromatic rings. The van der Waals surface area contributed by atoms with E-state index >= 15 is 0 Å². The first-order valence-electron chi connectivity index (χ1n) is 11.3. The van der Waals surface area contributed by atoms with Crippen molar-refractivity contribution in [2.75, 3.05) is 23.7 Å². The molecule has 33 heavy (non-hydrogen) atoms. The lowest BCUT2D eigenvalue weighted by molar-refractivity contribution is 0.101. The Bertz CT molecular complexity index is 1330. The standard InChI is InChI=1S/C25H25N7O/c1-15(33)22-23(26)32-24(30-25(22)31-13-18-8-9-19(14-31)29-18)20(12-28-32)17-7-10-21(27-11-17)16-5-3-2-4-6-16/h2-7,10-12,18-19,29H,8-9,13-14,26H2,1H3. The number of piperazine rings is 1. The lowest BCUT2D eigenvalue weighted by Gasteiger charge is -2.34. The summed E-state index contributed by atoms with van der Waals surface area (Å²) in [5.74, 6) is 0.878. The summed E-state index contributed by atoms with van der Waals surface area (Å²) in [6.45, 7) is 3.17. The summed E-state index contributed by atoms with van der Waals surface area (Å²) >= 11 is 0. The van der Waals surface area contributed by atoms with Crippen molar-refractivity contribution < 1.29 is 4.79 Å². The average molecular weight is 440 g/mol. The maximum atomic E-state index is 12.6. The van der Waals surface area contributed by atoms with E-state index in [1.54, 1.807) is 10.7 Å². The van der Waals surface area contributed by atoms with Crippen LogP contribution in [0.4, 0.5) is 11.6 Å². The highest BCUT2D eigenvalue weighted by molar-refractivity contribution is 6.04. The second-order valence-corrected chi connectivity index (χ2v) is 8.89. The fraction of sp³-hybridized carbons (Fsp3) is 0.280. The number of ketones is 1. The van der Waals surface area contributed by atoms with Crippen LogP contribution >= 0.6 is 0 Å². The Morgan fingerprint density at radius 2 is 1.79 bits per heavy atom. The topological polar surface area (TPSA) is 101 Å². The molecule has 8 heteroatoms. The predicted octanol–water partition coefficient (Wildman–Crippen LogP) is 3.18. The Hall–Kier alpha value is -3.78. The number of nitrogens with one attached hydrogen (secondary N) is 1. The summed E-state index contributed by atoms with van der Waals surface area (Å²) in [5, 5.41) is 8.10. The normalized spacial score (nSPS) is 19.8. The molecule has 2 unspecified atom stereocenters. The third kappa shape index (κ3) is 3.34. The van der Waals surface area contributed by atoms with Crippen LogP contribution in [0.15, 0.2) is 54.9 Å². The smallest absolute Gasteiger partial charge is 0.167 e. The van der Waals surface area contributed by atoms with Crippen molar-refractivity contribution in [3.63, 3.8) is 0 Å². The number of nitrogens with zero attached hydrogens (tertiary/aromatic N) is 5. The molecule has 1 aromatic carbocycles. The minimum absolute atomic E-state index is 0.103. The number of hydrogen-bond acceptors (Lipinski definition) is 7. The summed E-state index contributed by atoms with van der Waals surface area (Å²) in [6.07, 6.45) is 5.87. The summed E-state index contributed by atoms with van der Waals surface area (Å²) in [4.78, 5) is 24.4. The summed E-state index contributed by atoms with van der Waals surface area (Å²) in [5.41, 5.74) is 11.3. The highest BCUT2D eigenvalue weighted by Crippen LogP contribution is 2.33. The van der Waals surface area contributed by atoms with Gasteiger partial charge in [0.05, 0.1) is 11.9 Å². The van der Waals surface area contributed by atoms with Gasteiger partial charge >= 0.3 is 0 Å². The van der Waals surface area contributed by atoms with Gasteiger partial charge in [-0.2, -0.15) is 9.61 Å². The van der Waals surface area contributed by atoms with Crippen LogP contribution in [0.5, 0.6) is 0 Å². The van der Waals surface area contributed by atoms with Crippen molar-refractivity contribution in [3.05, 3.63) is 60.4 Å². The number of pyridine rings is 1. The van der Waals surface area contributed by atoms with Crippen molar-refractivity contribution >= 4 is 23.1 Å². The molecular formula is C25H25N7O. The number of nitrogen functional groups attached to an aromatic ring is 1. The van der Waals surface area contributed by atoms with Gasteiger partial charge in [0.15, 0.2) is 11.4 Å². The van der Waals surface area contributed by atoms with Gasteiger partial charge in [-0.25, -0.2) is 4.98 Å². The predicted molar refractivity (Wildman–Crippen MR) is 128 cm³/mol. The molecule has 2 bridgehead atoms. The van der Waals surface area contributed by atoms with Gasteiger partial charge in [0.1, 0.15) is 17.2 Å². The van der Waals surface area contributed by atoms with Gasteiger partial charge in [-0.3, -0.25) is 9.78 Å². The summed E-state index contributed by atoms with van der Waals surface area (Å²) < 4.78 is 1.57. The number of carbonyl (C=O) groups excluding carboxylic acids is 1. The molecule has 3 aromatic heterocycles. The first kappa shape index (κ1) is 19.9. The van der Waals surface area contributed by atoms with Gasteiger partial charge in [-0.1, -0.05) is 36.4 Å². The van der Waals surface area contributed by atoms with Crippen LogP contribution < -0.4 is 16.0 Å². The van der Waals surface area contributed by atoms with E-state index < -0.39 is 0 Å². The van der Waals surface area contributed by atoms with Crippen molar-refractivity contribution in [3.8, 4) is 22.4 Å². The molecule has 2 saturated heterocycles. The van der Waals surface area contributed by atoms with Crippen LogP contribution in [0.25, 0.3) is 28.0 Å². The molecule has 6 rings (SSSR count). The van der Waals surface area contributed by atoms with E-state index in [2.05, 4.69) is 20.3 Å². The molecule has 0 spiro atoms. The Balaban J connectivity index is 1.45. The minimum Gasteiger partial charge on any atom is -0.383 e. The van der Waals surface area contributed by atoms with E-state index in [-0.39, 0.29) is 5.78 Å². The second kappa shape index (κ2) is 7.67. The molecular weight excluding hydrogens is 414 g/mol. The minimum atomic E-state index is -0.103. The Kier molecular flexibility index (Phi) is 4.62. The number of anilines is 2. The zero-order valence-corrected chi connectivity index (χ0v) is 18.4. The number of fused-ring (bicyclic) bond motifs is 3. The molecule has 3 N–H and O–H groups in total. The number of Topliss-reactive ketones (excluding diaryl/α,β-unsaturated/α-hetero) is 1. The SMILES string of the molecule is CC(=O)c1c(N2CC3CCC(C2)N3)nc2c(-c3ccc(-c4ccccc4)nc3)cnn2c1N. The van der Waals surface area contributed by atoms with E-state index in [0.717, 1.165) is 48.3 Å². The average Bonchev–Trinajstić information content (AvgIpc) is 3.42. The fourth-order valence-corrected chi connectivity index (χ4v) is 5.08. The van der Waals surface area contributed by atoms with Gasteiger partial charge in [-0.05, 0) is 25.8 Å².